The smallest absolute Gasteiger partial charge is 0.249 e. The zero-order valence-electron chi connectivity index (χ0n) is 10.8. The lowest BCUT2D eigenvalue weighted by molar-refractivity contribution is -0.120. The molecule has 0 saturated carbocycles. The number of fused-ring (bicyclic) bond motifs is 1. The Morgan fingerprint density at radius 3 is 2.45 bits per heavy atom. The molecule has 0 radical (unpaired) electrons. The van der Waals surface area contributed by atoms with Crippen LogP contribution in [0, 0.1) is 0 Å². The van der Waals surface area contributed by atoms with Crippen LogP contribution in [0.25, 0.3) is 0 Å². The van der Waals surface area contributed by atoms with Gasteiger partial charge in [-0.1, -0.05) is 48.5 Å². The van der Waals surface area contributed by atoms with Crippen molar-refractivity contribution >= 4 is 17.4 Å². The Morgan fingerprint density at radius 2 is 1.70 bits per heavy atom. The lowest BCUT2D eigenvalue weighted by Crippen LogP contribution is -2.45. The SMILES string of the molecule is NC1(CC(=O)c2ccccc2)C(=O)Nc2ccccc21. The predicted molar refractivity (Wildman–Crippen MR) is 76.3 cm³/mol. The number of hydrogen-bond donors (Lipinski definition) is 2. The van der Waals surface area contributed by atoms with Crippen molar-refractivity contribution in [3.63, 3.8) is 0 Å². The first kappa shape index (κ1) is 12.6. The molecule has 0 aromatic heterocycles. The lowest BCUT2D eigenvalue weighted by atomic mass is 9.86. The summed E-state index contributed by atoms with van der Waals surface area (Å²) in [5.74, 6) is -0.470. The Kier molecular flexibility index (Phi) is 2.88. The molecule has 4 heteroatoms. The highest BCUT2D eigenvalue weighted by atomic mass is 16.2. The largest absolute Gasteiger partial charge is 0.324 e. The van der Waals surface area contributed by atoms with Gasteiger partial charge in [0.2, 0.25) is 5.91 Å². The number of Topliss-reactive ketones (excluding diaryl/α,β-unsaturated/α-hetero) is 1. The van der Waals surface area contributed by atoms with Crippen LogP contribution in [0.4, 0.5) is 5.69 Å². The van der Waals surface area contributed by atoms with E-state index in [-0.39, 0.29) is 18.1 Å². The monoisotopic (exact) mass is 266 g/mol. The fraction of sp³-hybridized carbons (Fsp3) is 0.125. The molecule has 1 unspecified atom stereocenters. The highest BCUT2D eigenvalue weighted by Gasteiger charge is 2.44. The molecule has 20 heavy (non-hydrogen) atoms. The van der Waals surface area contributed by atoms with Gasteiger partial charge in [0, 0.05) is 23.2 Å². The zero-order chi connectivity index (χ0) is 14.2. The summed E-state index contributed by atoms with van der Waals surface area (Å²) in [6, 6.07) is 16.1. The molecular weight excluding hydrogens is 252 g/mol. The minimum atomic E-state index is -1.29. The maximum atomic E-state index is 12.3. The van der Waals surface area contributed by atoms with Gasteiger partial charge >= 0.3 is 0 Å². The molecule has 0 bridgehead atoms. The van der Waals surface area contributed by atoms with Crippen LogP contribution >= 0.6 is 0 Å². The number of ketones is 1. The van der Waals surface area contributed by atoms with E-state index in [1.165, 1.54) is 0 Å². The van der Waals surface area contributed by atoms with Gasteiger partial charge in [-0.05, 0) is 6.07 Å². The van der Waals surface area contributed by atoms with Crippen molar-refractivity contribution in [3.05, 3.63) is 65.7 Å². The number of benzene rings is 2. The van der Waals surface area contributed by atoms with Crippen LogP contribution in [0.2, 0.25) is 0 Å². The molecule has 4 nitrogen and oxygen atoms in total. The fourth-order valence-corrected chi connectivity index (χ4v) is 2.49. The van der Waals surface area contributed by atoms with E-state index in [1.807, 2.05) is 18.2 Å². The van der Waals surface area contributed by atoms with E-state index in [2.05, 4.69) is 5.32 Å². The topological polar surface area (TPSA) is 72.2 Å². The summed E-state index contributed by atoms with van der Waals surface area (Å²) in [4.78, 5) is 24.4. The summed E-state index contributed by atoms with van der Waals surface area (Å²) in [6.45, 7) is 0. The van der Waals surface area contributed by atoms with Gasteiger partial charge in [-0.3, -0.25) is 9.59 Å². The molecule has 0 aliphatic carbocycles. The summed E-state index contributed by atoms with van der Waals surface area (Å²) >= 11 is 0. The Bertz CT molecular complexity index is 682. The third kappa shape index (κ3) is 1.90. The van der Waals surface area contributed by atoms with Gasteiger partial charge in [0.1, 0.15) is 5.54 Å². The number of carbonyl (C=O) groups excluding carboxylic acids is 2. The van der Waals surface area contributed by atoms with Gasteiger partial charge in [-0.25, -0.2) is 0 Å². The second-order valence-corrected chi connectivity index (χ2v) is 4.94. The van der Waals surface area contributed by atoms with Crippen molar-refractivity contribution in [2.75, 3.05) is 5.32 Å². The van der Waals surface area contributed by atoms with Crippen molar-refractivity contribution in [1.82, 2.24) is 0 Å². The summed E-state index contributed by atoms with van der Waals surface area (Å²) in [5.41, 5.74) is 6.85. The molecule has 3 rings (SSSR count). The molecule has 1 amide bonds. The minimum absolute atomic E-state index is 0.0418. The van der Waals surface area contributed by atoms with Crippen molar-refractivity contribution < 1.29 is 9.59 Å². The van der Waals surface area contributed by atoms with Crippen molar-refractivity contribution in [1.29, 1.82) is 0 Å². The van der Waals surface area contributed by atoms with Crippen LogP contribution in [0.15, 0.2) is 54.6 Å². The van der Waals surface area contributed by atoms with Crippen LogP contribution < -0.4 is 11.1 Å². The number of hydrogen-bond acceptors (Lipinski definition) is 3. The number of para-hydroxylation sites is 1. The van der Waals surface area contributed by atoms with E-state index >= 15 is 0 Å². The molecule has 1 aliphatic heterocycles. The third-order valence-corrected chi connectivity index (χ3v) is 3.60. The van der Waals surface area contributed by atoms with Crippen LogP contribution in [0.3, 0.4) is 0 Å². The van der Waals surface area contributed by atoms with Crippen LogP contribution in [-0.2, 0) is 10.3 Å². The Hall–Kier alpha value is -2.46. The standard InChI is InChI=1S/C16H14N2O2/c17-16(10-14(19)11-6-2-1-3-7-11)12-8-4-5-9-13(12)18-15(16)20/h1-9H,10,17H2,(H,18,20). The van der Waals surface area contributed by atoms with E-state index in [0.717, 1.165) is 0 Å². The van der Waals surface area contributed by atoms with Gasteiger partial charge in [0.05, 0.1) is 0 Å². The molecule has 1 atom stereocenters. The quantitative estimate of drug-likeness (QED) is 0.835. The number of nitrogens with two attached hydrogens (primary N) is 1. The van der Waals surface area contributed by atoms with Crippen molar-refractivity contribution in [2.24, 2.45) is 5.73 Å². The normalized spacial score (nSPS) is 20.4. The highest BCUT2D eigenvalue weighted by Crippen LogP contribution is 2.36. The molecule has 3 N–H and O–H groups in total. The Balaban J connectivity index is 1.94. The zero-order valence-corrected chi connectivity index (χ0v) is 10.8. The average Bonchev–Trinajstić information content (AvgIpc) is 2.72. The predicted octanol–water partition coefficient (Wildman–Crippen LogP) is 2.07. The summed E-state index contributed by atoms with van der Waals surface area (Å²) in [6.07, 6.45) is -0.0418. The molecule has 0 fully saturated rings. The molecule has 2 aromatic carbocycles. The molecule has 0 spiro atoms. The molecule has 100 valence electrons. The molecule has 1 aliphatic rings. The maximum Gasteiger partial charge on any atom is 0.249 e. The minimum Gasteiger partial charge on any atom is -0.324 e. The van der Waals surface area contributed by atoms with Gasteiger partial charge in [0.15, 0.2) is 5.78 Å². The number of carbonyl (C=O) groups is 2. The number of rotatable bonds is 3. The summed E-state index contributed by atoms with van der Waals surface area (Å²) < 4.78 is 0. The molecule has 2 aromatic rings. The second kappa shape index (κ2) is 4.58. The van der Waals surface area contributed by atoms with E-state index in [1.54, 1.807) is 36.4 Å². The van der Waals surface area contributed by atoms with Crippen LogP contribution in [-0.4, -0.2) is 11.7 Å². The van der Waals surface area contributed by atoms with Gasteiger partial charge in [-0.2, -0.15) is 0 Å². The first-order chi connectivity index (χ1) is 9.61. The van der Waals surface area contributed by atoms with Crippen LogP contribution in [0.1, 0.15) is 22.3 Å². The van der Waals surface area contributed by atoms with E-state index in [9.17, 15) is 9.59 Å². The first-order valence-corrected chi connectivity index (χ1v) is 6.39. The Labute approximate surface area is 116 Å². The lowest BCUT2D eigenvalue weighted by Gasteiger charge is -2.21. The van der Waals surface area contributed by atoms with Crippen molar-refractivity contribution in [3.8, 4) is 0 Å². The van der Waals surface area contributed by atoms with E-state index in [4.69, 9.17) is 5.73 Å². The molecule has 0 saturated heterocycles. The van der Waals surface area contributed by atoms with Gasteiger partial charge < -0.3 is 11.1 Å². The molecular formula is C16H14N2O2. The van der Waals surface area contributed by atoms with Crippen molar-refractivity contribution in [2.45, 2.75) is 12.0 Å². The fourth-order valence-electron chi connectivity index (χ4n) is 2.49. The second-order valence-electron chi connectivity index (χ2n) is 4.94. The van der Waals surface area contributed by atoms with E-state index < -0.39 is 5.54 Å². The Morgan fingerprint density at radius 1 is 1.05 bits per heavy atom. The average molecular weight is 266 g/mol. The summed E-state index contributed by atoms with van der Waals surface area (Å²) in [7, 11) is 0. The van der Waals surface area contributed by atoms with Gasteiger partial charge in [-0.15, -0.1) is 0 Å². The maximum absolute atomic E-state index is 12.3. The van der Waals surface area contributed by atoms with Gasteiger partial charge in [0.25, 0.3) is 0 Å². The highest BCUT2D eigenvalue weighted by molar-refractivity contribution is 6.10. The van der Waals surface area contributed by atoms with Crippen LogP contribution in [0.5, 0.6) is 0 Å². The molecule has 1 heterocycles. The first-order valence-electron chi connectivity index (χ1n) is 6.39. The van der Waals surface area contributed by atoms with E-state index in [0.29, 0.717) is 16.8 Å². The number of anilines is 1. The third-order valence-electron chi connectivity index (χ3n) is 3.60. The summed E-state index contributed by atoms with van der Waals surface area (Å²) in [5, 5.41) is 2.73. The number of amides is 1. The number of nitrogens with one attached hydrogen (secondary N) is 1.